The molecule has 5 atom stereocenters. The molecule has 1 fully saturated rings. The quantitative estimate of drug-likeness (QED) is 0.628. The van der Waals surface area contributed by atoms with E-state index in [1.807, 2.05) is 13.0 Å². The normalized spacial score (nSPS) is 36.6. The third-order valence-corrected chi connectivity index (χ3v) is 9.82. The van der Waals surface area contributed by atoms with E-state index in [1.54, 1.807) is 33.4 Å². The average Bonchev–Trinajstić information content (AvgIpc) is 3.55. The van der Waals surface area contributed by atoms with E-state index in [2.05, 4.69) is 27.7 Å². The minimum absolute atomic E-state index is 0.0818. The van der Waals surface area contributed by atoms with Crippen LogP contribution in [0.5, 0.6) is 0 Å². The first-order chi connectivity index (χ1) is 14.3. The minimum atomic E-state index is -0.311. The number of hydrogen-bond donors (Lipinski definition) is 1. The van der Waals surface area contributed by atoms with Crippen LogP contribution in [-0.4, -0.2) is 17.0 Å². The Balaban J connectivity index is 1.44. The predicted octanol–water partition coefficient (Wildman–Crippen LogP) is 6.00. The Kier molecular flexibility index (Phi) is 3.79. The number of ketones is 1. The van der Waals surface area contributed by atoms with Gasteiger partial charge in [0, 0.05) is 17.8 Å². The molecule has 0 aromatic heterocycles. The number of aliphatic hydroxyl groups is 1. The Morgan fingerprint density at radius 1 is 1.07 bits per heavy atom. The van der Waals surface area contributed by atoms with Crippen LogP contribution in [0, 0.1) is 29.1 Å². The van der Waals surface area contributed by atoms with E-state index in [9.17, 15) is 9.90 Å². The standard InChI is InChI=1S/C28H34O2/c1-6-13(2)21-24-25(21)27-23(26(24)27)20-12-28(5,15(4)29)14(3)18-9-7-16-11-17(30)8-10-19(16)22(18)20/h11,13-15,18,21,29H,6-10,12H2,1-5H3. The fraction of sp³-hybridized carbons (Fsp3) is 0.607. The Bertz CT molecular complexity index is 1030. The molecule has 0 saturated heterocycles. The van der Waals surface area contributed by atoms with Gasteiger partial charge in [-0.05, 0) is 107 Å². The molecular formula is C28H34O2. The molecule has 5 unspecified atom stereocenters. The molecule has 1 saturated carbocycles. The van der Waals surface area contributed by atoms with Gasteiger partial charge in [0.2, 0.25) is 0 Å². The second-order valence-electron chi connectivity index (χ2n) is 11.1. The Morgan fingerprint density at radius 2 is 1.77 bits per heavy atom. The summed E-state index contributed by atoms with van der Waals surface area (Å²) < 4.78 is 0. The fourth-order valence-corrected chi connectivity index (χ4v) is 7.32. The Labute approximate surface area is 180 Å². The molecule has 30 heavy (non-hydrogen) atoms. The van der Waals surface area contributed by atoms with E-state index in [1.165, 1.54) is 23.1 Å². The maximum atomic E-state index is 12.1. The number of rotatable bonds is 3. The van der Waals surface area contributed by atoms with Crippen molar-refractivity contribution in [2.75, 3.05) is 0 Å². The van der Waals surface area contributed by atoms with Crippen molar-refractivity contribution in [1.82, 2.24) is 0 Å². The molecule has 2 nitrogen and oxygen atoms in total. The van der Waals surface area contributed by atoms with Crippen molar-refractivity contribution < 1.29 is 9.90 Å². The Hall–Kier alpha value is -1.67. The van der Waals surface area contributed by atoms with Crippen LogP contribution in [0.15, 0.2) is 56.2 Å². The minimum Gasteiger partial charge on any atom is -0.393 e. The summed E-state index contributed by atoms with van der Waals surface area (Å²) in [5.41, 5.74) is 13.9. The lowest BCUT2D eigenvalue weighted by Gasteiger charge is -2.51. The first-order valence-electron chi connectivity index (χ1n) is 12.2. The highest BCUT2D eigenvalue weighted by Crippen LogP contribution is 2.77. The zero-order valence-corrected chi connectivity index (χ0v) is 19.1. The summed E-state index contributed by atoms with van der Waals surface area (Å²) in [6.07, 6.45) is 7.58. The summed E-state index contributed by atoms with van der Waals surface area (Å²) in [5.74, 6) is 2.79. The lowest BCUT2D eigenvalue weighted by molar-refractivity contribution is -0.114. The summed E-state index contributed by atoms with van der Waals surface area (Å²) in [6, 6.07) is 0. The van der Waals surface area contributed by atoms with Crippen molar-refractivity contribution in [3.05, 3.63) is 56.2 Å². The lowest BCUT2D eigenvalue weighted by atomic mass is 9.54. The van der Waals surface area contributed by atoms with Crippen LogP contribution in [0.25, 0.3) is 0 Å². The van der Waals surface area contributed by atoms with Crippen LogP contribution < -0.4 is 0 Å². The van der Waals surface area contributed by atoms with Gasteiger partial charge in [-0.1, -0.05) is 34.1 Å². The third kappa shape index (κ3) is 2.22. The van der Waals surface area contributed by atoms with Gasteiger partial charge in [0.15, 0.2) is 5.78 Å². The van der Waals surface area contributed by atoms with E-state index >= 15 is 0 Å². The fourth-order valence-electron chi connectivity index (χ4n) is 7.32. The topological polar surface area (TPSA) is 37.3 Å². The van der Waals surface area contributed by atoms with Crippen molar-refractivity contribution in [2.24, 2.45) is 29.1 Å². The van der Waals surface area contributed by atoms with Gasteiger partial charge in [0.25, 0.3) is 0 Å². The van der Waals surface area contributed by atoms with E-state index in [0.29, 0.717) is 24.0 Å². The van der Waals surface area contributed by atoms with E-state index in [-0.39, 0.29) is 11.5 Å². The SMILES string of the molecule is CCC(C)C1C2=C1C1=C2C1=C1CC(C)(C(C)O)C(C)C2CCC3=CC(=O)CCC3=C12. The molecule has 6 aliphatic rings. The predicted molar refractivity (Wildman–Crippen MR) is 120 cm³/mol. The smallest absolute Gasteiger partial charge is 0.156 e. The summed E-state index contributed by atoms with van der Waals surface area (Å²) in [6.45, 7) is 11.4. The van der Waals surface area contributed by atoms with Crippen molar-refractivity contribution in [3.63, 3.8) is 0 Å². The van der Waals surface area contributed by atoms with Gasteiger partial charge >= 0.3 is 0 Å². The highest BCUT2D eigenvalue weighted by atomic mass is 16.3. The molecule has 0 aliphatic heterocycles. The van der Waals surface area contributed by atoms with Crippen molar-refractivity contribution in [2.45, 2.75) is 79.2 Å². The highest BCUT2D eigenvalue weighted by Gasteiger charge is 2.63. The highest BCUT2D eigenvalue weighted by molar-refractivity contribution is 6.01. The van der Waals surface area contributed by atoms with Crippen LogP contribution in [0.3, 0.4) is 0 Å². The lowest BCUT2D eigenvalue weighted by Crippen LogP contribution is -2.46. The molecular weight excluding hydrogens is 368 g/mol. The van der Waals surface area contributed by atoms with Gasteiger partial charge in [-0.25, -0.2) is 0 Å². The molecule has 2 heteroatoms. The first kappa shape index (κ1) is 19.0. The molecule has 0 aromatic rings. The number of aliphatic hydroxyl groups excluding tert-OH is 1. The number of carbonyl (C=O) groups excluding carboxylic acids is 1. The van der Waals surface area contributed by atoms with E-state index < -0.39 is 0 Å². The van der Waals surface area contributed by atoms with Gasteiger partial charge in [-0.3, -0.25) is 4.79 Å². The van der Waals surface area contributed by atoms with Gasteiger partial charge in [-0.15, -0.1) is 0 Å². The number of fused-ring (bicyclic) bond motifs is 4. The zero-order chi connectivity index (χ0) is 21.1. The molecule has 0 amide bonds. The number of allylic oxidation sites excluding steroid dienone is 10. The van der Waals surface area contributed by atoms with Gasteiger partial charge in [0.05, 0.1) is 6.10 Å². The monoisotopic (exact) mass is 402 g/mol. The molecule has 158 valence electrons. The maximum Gasteiger partial charge on any atom is 0.156 e. The molecule has 6 rings (SSSR count). The number of hydrogen-bond acceptors (Lipinski definition) is 2. The summed E-state index contributed by atoms with van der Waals surface area (Å²) in [7, 11) is 0. The summed E-state index contributed by atoms with van der Waals surface area (Å²) in [5, 5.41) is 10.8. The first-order valence-corrected chi connectivity index (χ1v) is 12.2. The average molecular weight is 403 g/mol. The molecule has 0 heterocycles. The Morgan fingerprint density at radius 3 is 2.40 bits per heavy atom. The van der Waals surface area contributed by atoms with Crippen molar-refractivity contribution in [1.29, 1.82) is 0 Å². The zero-order valence-electron chi connectivity index (χ0n) is 19.1. The second-order valence-corrected chi connectivity index (χ2v) is 11.1. The molecule has 1 N–H and O–H groups in total. The molecule has 0 radical (unpaired) electrons. The van der Waals surface area contributed by atoms with Crippen molar-refractivity contribution in [3.8, 4) is 0 Å². The summed E-state index contributed by atoms with van der Waals surface area (Å²) >= 11 is 0. The molecule has 6 aliphatic carbocycles. The third-order valence-electron chi connectivity index (χ3n) is 9.82. The van der Waals surface area contributed by atoms with Crippen LogP contribution in [0.2, 0.25) is 0 Å². The molecule has 0 aromatic carbocycles. The van der Waals surface area contributed by atoms with Crippen LogP contribution in [-0.2, 0) is 4.79 Å². The van der Waals surface area contributed by atoms with Gasteiger partial charge in [-0.2, -0.15) is 0 Å². The summed E-state index contributed by atoms with van der Waals surface area (Å²) in [4.78, 5) is 12.1. The van der Waals surface area contributed by atoms with Crippen molar-refractivity contribution >= 4 is 5.78 Å². The maximum absolute atomic E-state index is 12.1. The van der Waals surface area contributed by atoms with E-state index in [4.69, 9.17) is 0 Å². The number of carbonyl (C=O) groups is 1. The largest absolute Gasteiger partial charge is 0.393 e. The molecule has 0 bridgehead atoms. The second kappa shape index (κ2) is 5.97. The van der Waals surface area contributed by atoms with Gasteiger partial charge in [0.1, 0.15) is 0 Å². The molecule has 0 spiro atoms. The van der Waals surface area contributed by atoms with E-state index in [0.717, 1.165) is 37.5 Å². The van der Waals surface area contributed by atoms with Gasteiger partial charge < -0.3 is 5.11 Å². The van der Waals surface area contributed by atoms with Crippen LogP contribution in [0.1, 0.15) is 73.1 Å². The van der Waals surface area contributed by atoms with Crippen LogP contribution >= 0.6 is 0 Å². The van der Waals surface area contributed by atoms with Crippen LogP contribution in [0.4, 0.5) is 0 Å².